The van der Waals surface area contributed by atoms with Crippen molar-refractivity contribution in [3.05, 3.63) is 22.3 Å². The van der Waals surface area contributed by atoms with Crippen LogP contribution in [0.2, 0.25) is 0 Å². The molecule has 0 aliphatic carbocycles. The summed E-state index contributed by atoms with van der Waals surface area (Å²) in [5.41, 5.74) is 5.46. The number of amides is 2. The minimum atomic E-state index is -1.57. The average molecular weight is 454 g/mol. The number of carboxylic acids is 1. The van der Waals surface area contributed by atoms with Crippen LogP contribution in [0.5, 0.6) is 0 Å². The van der Waals surface area contributed by atoms with Crippen molar-refractivity contribution in [2.75, 3.05) is 25.2 Å². The minimum absolute atomic E-state index is 0.177. The number of hydrogen-bond acceptors (Lipinski definition) is 12. The number of nitrogens with two attached hydrogens (primary N) is 1. The van der Waals surface area contributed by atoms with Crippen LogP contribution in [0.3, 0.4) is 0 Å². The van der Waals surface area contributed by atoms with Crippen molar-refractivity contribution in [2.24, 2.45) is 5.16 Å². The first-order valence-corrected chi connectivity index (χ1v) is 10.3. The van der Waals surface area contributed by atoms with Crippen LogP contribution in [0, 0.1) is 0 Å². The number of aliphatic carboxylic acids is 1. The van der Waals surface area contributed by atoms with Crippen LogP contribution < -0.4 is 16.2 Å². The van der Waals surface area contributed by atoms with Gasteiger partial charge in [0.25, 0.3) is 11.8 Å². The van der Waals surface area contributed by atoms with Gasteiger partial charge in [-0.25, -0.2) is 4.98 Å². The molecule has 0 unspecified atom stereocenters. The number of thiazole rings is 1. The van der Waals surface area contributed by atoms with Gasteiger partial charge in [0, 0.05) is 23.6 Å². The van der Waals surface area contributed by atoms with E-state index in [1.54, 1.807) is 0 Å². The number of rotatable bonds is 7. The SMILES string of the molecule is CON=C(C(=O)N[C@@H]1C(=O)N2C(C(=O)[O-])=C(COC(C)=O)CS[C@H]12)c1csc(N)n1. The number of oxime groups is 1. The molecule has 2 atom stereocenters. The molecular formula is C16H16N5O7S2-. The van der Waals surface area contributed by atoms with E-state index < -0.39 is 35.2 Å². The molecule has 2 aliphatic heterocycles. The number of nitrogen functional groups attached to an aromatic ring is 1. The summed E-state index contributed by atoms with van der Waals surface area (Å²) in [6.07, 6.45) is 0. The van der Waals surface area contributed by atoms with E-state index in [4.69, 9.17) is 10.5 Å². The standard InChI is InChI=1S/C16H17N5O7S2/c1-6(22)28-3-7-4-29-14-10(13(24)21(14)11(7)15(25)26)19-12(23)9(20-27-2)8-5-30-16(17)18-8/h5,10,14H,3-4H2,1-2H3,(H2,17,18)(H,19,23)(H,25,26)/p-1/t10-,14-/m1/s1. The summed E-state index contributed by atoms with van der Waals surface area (Å²) in [5, 5.41) is 18.8. The van der Waals surface area contributed by atoms with Crippen LogP contribution >= 0.6 is 23.1 Å². The number of carbonyl (C=O) groups excluding carboxylic acids is 4. The van der Waals surface area contributed by atoms with Gasteiger partial charge in [-0.15, -0.1) is 23.1 Å². The Bertz CT molecular complexity index is 973. The Labute approximate surface area is 178 Å². The Morgan fingerprint density at radius 1 is 1.47 bits per heavy atom. The Balaban J connectivity index is 1.77. The number of fused-ring (bicyclic) bond motifs is 1. The molecule has 30 heavy (non-hydrogen) atoms. The largest absolute Gasteiger partial charge is 0.543 e. The maximum Gasteiger partial charge on any atom is 0.302 e. The molecule has 2 amide bonds. The van der Waals surface area contributed by atoms with E-state index in [1.165, 1.54) is 31.2 Å². The van der Waals surface area contributed by atoms with Crippen LogP contribution in [-0.2, 0) is 28.8 Å². The first kappa shape index (κ1) is 21.6. The lowest BCUT2D eigenvalue weighted by Gasteiger charge is -2.50. The Morgan fingerprint density at radius 3 is 2.77 bits per heavy atom. The summed E-state index contributed by atoms with van der Waals surface area (Å²) in [4.78, 5) is 57.5. The third-order valence-electron chi connectivity index (χ3n) is 4.14. The number of carbonyl (C=O) groups is 4. The fraction of sp³-hybridized carbons (Fsp3) is 0.375. The molecular weight excluding hydrogens is 438 g/mol. The number of thioether (sulfide) groups is 1. The predicted octanol–water partition coefficient (Wildman–Crippen LogP) is -1.96. The summed E-state index contributed by atoms with van der Waals surface area (Å²) in [5.74, 6) is -3.35. The predicted molar refractivity (Wildman–Crippen MR) is 104 cm³/mol. The van der Waals surface area contributed by atoms with Crippen molar-refractivity contribution in [3.8, 4) is 0 Å². The lowest BCUT2D eigenvalue weighted by atomic mass is 10.0. The second-order valence-corrected chi connectivity index (χ2v) is 8.07. The van der Waals surface area contributed by atoms with Gasteiger partial charge in [0.15, 0.2) is 10.8 Å². The number of nitrogens with zero attached hydrogens (tertiary/aromatic N) is 3. The molecule has 0 saturated carbocycles. The highest BCUT2D eigenvalue weighted by Gasteiger charge is 2.53. The summed E-state index contributed by atoms with van der Waals surface area (Å²) >= 11 is 2.32. The zero-order valence-electron chi connectivity index (χ0n) is 15.7. The lowest BCUT2D eigenvalue weighted by molar-refractivity contribution is -0.301. The van der Waals surface area contributed by atoms with Crippen LogP contribution in [-0.4, -0.2) is 70.2 Å². The highest BCUT2D eigenvalue weighted by Crippen LogP contribution is 2.40. The molecule has 2 aliphatic rings. The van der Waals surface area contributed by atoms with Gasteiger partial charge in [0.1, 0.15) is 30.8 Å². The van der Waals surface area contributed by atoms with Gasteiger partial charge in [-0.05, 0) is 0 Å². The van der Waals surface area contributed by atoms with Gasteiger partial charge in [0.05, 0.1) is 11.7 Å². The number of nitrogens with one attached hydrogen (secondary N) is 1. The number of aromatic nitrogens is 1. The Hall–Kier alpha value is -3.13. The molecule has 3 heterocycles. The summed E-state index contributed by atoms with van der Waals surface area (Å²) in [7, 11) is 1.25. The lowest BCUT2D eigenvalue weighted by Crippen LogP contribution is -2.71. The van der Waals surface area contributed by atoms with Crippen molar-refractivity contribution in [3.63, 3.8) is 0 Å². The van der Waals surface area contributed by atoms with E-state index in [-0.39, 0.29) is 40.2 Å². The van der Waals surface area contributed by atoms with Crippen molar-refractivity contribution in [1.29, 1.82) is 0 Å². The smallest absolute Gasteiger partial charge is 0.302 e. The highest BCUT2D eigenvalue weighted by atomic mass is 32.2. The first-order valence-electron chi connectivity index (χ1n) is 8.39. The van der Waals surface area contributed by atoms with Crippen molar-refractivity contribution in [2.45, 2.75) is 18.3 Å². The van der Waals surface area contributed by atoms with E-state index >= 15 is 0 Å². The number of esters is 1. The summed E-state index contributed by atoms with van der Waals surface area (Å²) in [6.45, 7) is 0.919. The summed E-state index contributed by atoms with van der Waals surface area (Å²) < 4.78 is 4.85. The van der Waals surface area contributed by atoms with E-state index in [0.29, 0.717) is 0 Å². The number of anilines is 1. The molecule has 0 bridgehead atoms. The van der Waals surface area contributed by atoms with Crippen LogP contribution in [0.1, 0.15) is 12.6 Å². The Morgan fingerprint density at radius 2 is 2.20 bits per heavy atom. The number of carboxylic acid groups (broad SMARTS) is 1. The van der Waals surface area contributed by atoms with E-state index in [1.807, 2.05) is 0 Å². The molecule has 1 saturated heterocycles. The zero-order valence-corrected chi connectivity index (χ0v) is 17.4. The van der Waals surface area contributed by atoms with Gasteiger partial charge < -0.3 is 30.5 Å². The van der Waals surface area contributed by atoms with Gasteiger partial charge in [-0.2, -0.15) is 0 Å². The number of ether oxygens (including phenoxy) is 1. The molecule has 1 fully saturated rings. The molecule has 3 rings (SSSR count). The van der Waals surface area contributed by atoms with Crippen molar-refractivity contribution >= 4 is 57.7 Å². The third-order valence-corrected chi connectivity index (χ3v) is 6.15. The van der Waals surface area contributed by atoms with Crippen LogP contribution in [0.15, 0.2) is 21.8 Å². The maximum atomic E-state index is 12.6. The van der Waals surface area contributed by atoms with Gasteiger partial charge >= 0.3 is 5.97 Å². The van der Waals surface area contributed by atoms with E-state index in [2.05, 4.69) is 20.3 Å². The van der Waals surface area contributed by atoms with E-state index in [9.17, 15) is 24.3 Å². The zero-order chi connectivity index (χ0) is 22.0. The van der Waals surface area contributed by atoms with Gasteiger partial charge in [0.2, 0.25) is 0 Å². The molecule has 1 aromatic heterocycles. The molecule has 0 aromatic carbocycles. The maximum absolute atomic E-state index is 12.6. The average Bonchev–Trinajstić information content (AvgIpc) is 3.13. The monoisotopic (exact) mass is 454 g/mol. The molecule has 160 valence electrons. The Kier molecular flexibility index (Phi) is 6.26. The first-order chi connectivity index (χ1) is 14.2. The molecule has 14 heteroatoms. The number of hydrogen-bond donors (Lipinski definition) is 2. The minimum Gasteiger partial charge on any atom is -0.543 e. The molecule has 0 spiro atoms. The fourth-order valence-electron chi connectivity index (χ4n) is 2.87. The topological polar surface area (TPSA) is 176 Å². The number of β-lactam (4-membered cyclic amide) rings is 1. The van der Waals surface area contributed by atoms with Crippen molar-refractivity contribution in [1.82, 2.24) is 15.2 Å². The highest BCUT2D eigenvalue weighted by molar-refractivity contribution is 8.00. The molecule has 1 aromatic rings. The van der Waals surface area contributed by atoms with Crippen molar-refractivity contribution < 1.29 is 33.9 Å². The third kappa shape index (κ3) is 4.09. The summed E-state index contributed by atoms with van der Waals surface area (Å²) in [6, 6.07) is -0.995. The fourth-order valence-corrected chi connectivity index (χ4v) is 4.75. The van der Waals surface area contributed by atoms with E-state index in [0.717, 1.165) is 16.2 Å². The van der Waals surface area contributed by atoms with Crippen LogP contribution in [0.4, 0.5) is 5.13 Å². The van der Waals surface area contributed by atoms with Gasteiger partial charge in [-0.1, -0.05) is 5.16 Å². The normalized spacial score (nSPS) is 20.9. The van der Waals surface area contributed by atoms with Crippen LogP contribution in [0.25, 0.3) is 0 Å². The second-order valence-electron chi connectivity index (χ2n) is 6.07. The quantitative estimate of drug-likeness (QED) is 0.204. The molecule has 12 nitrogen and oxygen atoms in total. The van der Waals surface area contributed by atoms with Gasteiger partial charge in [-0.3, -0.25) is 19.3 Å². The molecule has 3 N–H and O–H groups in total. The second kappa shape index (κ2) is 8.71. The molecule has 0 radical (unpaired) electrons.